The molecular weight excluding hydrogens is 344 g/mol. The van der Waals surface area contributed by atoms with Gasteiger partial charge in [0.1, 0.15) is 0 Å². The number of aryl methyl sites for hydroxylation is 2. The average Bonchev–Trinajstić information content (AvgIpc) is 2.94. The molecule has 0 aliphatic carbocycles. The van der Waals surface area contributed by atoms with Crippen LogP contribution in [-0.2, 0) is 10.0 Å². The molecule has 3 heterocycles. The summed E-state index contributed by atoms with van der Waals surface area (Å²) in [4.78, 5) is 13.0. The summed E-state index contributed by atoms with van der Waals surface area (Å²) in [5.74, 6) is 1.10. The van der Waals surface area contributed by atoms with E-state index in [-0.39, 0.29) is 0 Å². The zero-order valence-electron chi connectivity index (χ0n) is 13.9. The minimum atomic E-state index is -3.41. The number of nitrogens with one attached hydrogen (secondary N) is 1. The Labute approximate surface area is 147 Å². The lowest BCUT2D eigenvalue weighted by molar-refractivity contribution is 0.399. The van der Waals surface area contributed by atoms with Gasteiger partial charge in [-0.05, 0) is 44.7 Å². The molecule has 24 heavy (non-hydrogen) atoms. The summed E-state index contributed by atoms with van der Waals surface area (Å²) < 4.78 is 27.7. The predicted molar refractivity (Wildman–Crippen MR) is 96.0 cm³/mol. The second-order valence-electron chi connectivity index (χ2n) is 6.11. The number of nitrogens with zero attached hydrogens (tertiary/aromatic N) is 3. The molecule has 0 atom stereocenters. The topological polar surface area (TPSA) is 75.2 Å². The quantitative estimate of drug-likeness (QED) is 0.879. The van der Waals surface area contributed by atoms with Crippen LogP contribution in [0.25, 0.3) is 0 Å². The van der Waals surface area contributed by atoms with E-state index < -0.39 is 10.0 Å². The van der Waals surface area contributed by atoms with Gasteiger partial charge < -0.3 is 4.90 Å². The van der Waals surface area contributed by atoms with Crippen molar-refractivity contribution in [2.75, 3.05) is 24.5 Å². The van der Waals surface area contributed by atoms with Gasteiger partial charge >= 0.3 is 0 Å². The van der Waals surface area contributed by atoms with Crippen molar-refractivity contribution in [2.45, 2.75) is 31.6 Å². The first-order valence-corrected chi connectivity index (χ1v) is 10.3. The van der Waals surface area contributed by atoms with Gasteiger partial charge in [0.2, 0.25) is 16.0 Å². The maximum atomic E-state index is 12.5. The number of sulfonamides is 1. The van der Waals surface area contributed by atoms with E-state index >= 15 is 0 Å². The van der Waals surface area contributed by atoms with Crippen LogP contribution in [-0.4, -0.2) is 38.0 Å². The molecule has 1 fully saturated rings. The number of thiophene rings is 1. The standard InChI is InChI=1S/C16H22N4O2S2/c1-12-10-15(13(2)23-12)24(21,22)19-11-14-4-8-20(9-5-14)16-17-6-3-7-18-16/h3,6-7,10,14,19H,4-5,8-9,11H2,1-2H3. The summed E-state index contributed by atoms with van der Waals surface area (Å²) in [7, 11) is -3.41. The van der Waals surface area contributed by atoms with E-state index in [1.54, 1.807) is 24.5 Å². The van der Waals surface area contributed by atoms with Crippen molar-refractivity contribution in [2.24, 2.45) is 5.92 Å². The molecule has 0 saturated carbocycles. The van der Waals surface area contributed by atoms with Gasteiger partial charge in [-0.15, -0.1) is 11.3 Å². The van der Waals surface area contributed by atoms with E-state index in [0.717, 1.165) is 41.6 Å². The first kappa shape index (κ1) is 17.3. The molecule has 1 aliphatic rings. The van der Waals surface area contributed by atoms with Crippen molar-refractivity contribution in [3.63, 3.8) is 0 Å². The monoisotopic (exact) mass is 366 g/mol. The lowest BCUT2D eigenvalue weighted by Gasteiger charge is -2.31. The van der Waals surface area contributed by atoms with Crippen molar-refractivity contribution >= 4 is 27.3 Å². The third-order valence-electron chi connectivity index (χ3n) is 4.30. The fourth-order valence-electron chi connectivity index (χ4n) is 2.97. The highest BCUT2D eigenvalue weighted by molar-refractivity contribution is 7.89. The fourth-order valence-corrected chi connectivity index (χ4v) is 5.64. The molecule has 2 aromatic heterocycles. The molecule has 0 spiro atoms. The molecule has 2 aromatic rings. The van der Waals surface area contributed by atoms with Crippen LogP contribution in [0.2, 0.25) is 0 Å². The predicted octanol–water partition coefficient (Wildman–Crippen LogP) is 2.35. The Bertz CT molecular complexity index is 782. The van der Waals surface area contributed by atoms with Crippen molar-refractivity contribution in [1.29, 1.82) is 0 Å². The SMILES string of the molecule is Cc1cc(S(=O)(=O)NCC2CCN(c3ncccn3)CC2)c(C)s1. The van der Waals surface area contributed by atoms with Crippen LogP contribution in [0.4, 0.5) is 5.95 Å². The van der Waals surface area contributed by atoms with Gasteiger partial charge in [-0.25, -0.2) is 23.1 Å². The van der Waals surface area contributed by atoms with Crippen LogP contribution in [0.15, 0.2) is 29.4 Å². The summed E-state index contributed by atoms with van der Waals surface area (Å²) in [5, 5.41) is 0. The molecule has 0 aromatic carbocycles. The van der Waals surface area contributed by atoms with Crippen LogP contribution >= 0.6 is 11.3 Å². The van der Waals surface area contributed by atoms with Crippen molar-refractivity contribution < 1.29 is 8.42 Å². The maximum absolute atomic E-state index is 12.5. The lowest BCUT2D eigenvalue weighted by Crippen LogP contribution is -2.39. The summed E-state index contributed by atoms with van der Waals surface area (Å²) in [6.07, 6.45) is 5.35. The van der Waals surface area contributed by atoms with E-state index in [0.29, 0.717) is 17.4 Å². The number of hydrogen-bond donors (Lipinski definition) is 1. The first-order chi connectivity index (χ1) is 11.5. The summed E-state index contributed by atoms with van der Waals surface area (Å²) in [6, 6.07) is 3.55. The van der Waals surface area contributed by atoms with Crippen LogP contribution in [0.3, 0.4) is 0 Å². The largest absolute Gasteiger partial charge is 0.341 e. The minimum Gasteiger partial charge on any atom is -0.341 e. The van der Waals surface area contributed by atoms with E-state index in [1.165, 1.54) is 11.3 Å². The van der Waals surface area contributed by atoms with Crippen LogP contribution in [0, 0.1) is 19.8 Å². The van der Waals surface area contributed by atoms with E-state index in [1.807, 2.05) is 13.8 Å². The molecular formula is C16H22N4O2S2. The Hall–Kier alpha value is -1.51. The van der Waals surface area contributed by atoms with E-state index in [9.17, 15) is 8.42 Å². The lowest BCUT2D eigenvalue weighted by atomic mass is 9.97. The molecule has 0 bridgehead atoms. The zero-order chi connectivity index (χ0) is 17.2. The van der Waals surface area contributed by atoms with E-state index in [2.05, 4.69) is 19.6 Å². The Morgan fingerprint density at radius 3 is 2.50 bits per heavy atom. The molecule has 0 amide bonds. The molecule has 0 unspecified atom stereocenters. The average molecular weight is 367 g/mol. The normalized spacial score (nSPS) is 16.5. The van der Waals surface area contributed by atoms with Gasteiger partial charge in [0.25, 0.3) is 0 Å². The third-order valence-corrected chi connectivity index (χ3v) is 6.94. The second-order valence-corrected chi connectivity index (χ2v) is 9.30. The maximum Gasteiger partial charge on any atom is 0.241 e. The van der Waals surface area contributed by atoms with Crippen LogP contribution < -0.4 is 9.62 Å². The first-order valence-electron chi connectivity index (χ1n) is 8.04. The van der Waals surface area contributed by atoms with Gasteiger partial charge in [-0.2, -0.15) is 0 Å². The molecule has 8 heteroatoms. The number of piperidine rings is 1. The van der Waals surface area contributed by atoms with E-state index in [4.69, 9.17) is 0 Å². The molecule has 1 saturated heterocycles. The summed E-state index contributed by atoms with van der Waals surface area (Å²) >= 11 is 1.52. The Morgan fingerprint density at radius 2 is 1.92 bits per heavy atom. The number of rotatable bonds is 5. The molecule has 0 radical (unpaired) electrons. The van der Waals surface area contributed by atoms with Crippen molar-refractivity contribution in [3.8, 4) is 0 Å². The second kappa shape index (κ2) is 7.16. The highest BCUT2D eigenvalue weighted by Gasteiger charge is 2.24. The van der Waals surface area contributed by atoms with Crippen LogP contribution in [0.1, 0.15) is 22.6 Å². The number of aromatic nitrogens is 2. The van der Waals surface area contributed by atoms with Crippen LogP contribution in [0.5, 0.6) is 0 Å². The molecule has 6 nitrogen and oxygen atoms in total. The Balaban J connectivity index is 1.54. The van der Waals surface area contributed by atoms with Gasteiger partial charge in [0.05, 0.1) is 4.90 Å². The molecule has 1 N–H and O–H groups in total. The summed E-state index contributed by atoms with van der Waals surface area (Å²) in [5.41, 5.74) is 0. The minimum absolute atomic E-state index is 0.347. The summed E-state index contributed by atoms with van der Waals surface area (Å²) in [6.45, 7) is 5.97. The zero-order valence-corrected chi connectivity index (χ0v) is 15.5. The Kier molecular flexibility index (Phi) is 5.17. The van der Waals surface area contributed by atoms with Crippen molar-refractivity contribution in [3.05, 3.63) is 34.3 Å². The number of hydrogen-bond acceptors (Lipinski definition) is 6. The fraction of sp³-hybridized carbons (Fsp3) is 0.500. The van der Waals surface area contributed by atoms with Gasteiger partial charge in [-0.3, -0.25) is 0 Å². The molecule has 1 aliphatic heterocycles. The Morgan fingerprint density at radius 1 is 1.25 bits per heavy atom. The van der Waals surface area contributed by atoms with Gasteiger partial charge in [-0.1, -0.05) is 0 Å². The third kappa shape index (κ3) is 3.93. The molecule has 130 valence electrons. The highest BCUT2D eigenvalue weighted by Crippen LogP contribution is 2.25. The van der Waals surface area contributed by atoms with Gasteiger partial charge in [0.15, 0.2) is 0 Å². The number of anilines is 1. The smallest absolute Gasteiger partial charge is 0.241 e. The highest BCUT2D eigenvalue weighted by atomic mass is 32.2. The van der Waals surface area contributed by atoms with Crippen molar-refractivity contribution in [1.82, 2.24) is 14.7 Å². The molecule has 3 rings (SSSR count). The van der Waals surface area contributed by atoms with Gasteiger partial charge in [0, 0.05) is 41.8 Å².